The Kier molecular flexibility index (Phi) is 3.75. The Balaban J connectivity index is 2.19. The number of rotatable bonds is 2. The van der Waals surface area contributed by atoms with Crippen molar-refractivity contribution in [3.05, 3.63) is 0 Å². The van der Waals surface area contributed by atoms with Gasteiger partial charge in [0, 0.05) is 6.21 Å². The predicted octanol–water partition coefficient (Wildman–Crippen LogP) is 2.27. The summed E-state index contributed by atoms with van der Waals surface area (Å²) in [5.74, 6) is 3.23. The van der Waals surface area contributed by atoms with E-state index in [0.717, 1.165) is 5.92 Å². The third-order valence-electron chi connectivity index (χ3n) is 2.15. The van der Waals surface area contributed by atoms with Gasteiger partial charge in [-0.05, 0) is 18.8 Å². The summed E-state index contributed by atoms with van der Waals surface area (Å²) < 4.78 is 0. The van der Waals surface area contributed by atoms with E-state index >= 15 is 0 Å². The number of terminal acetylenes is 1. The van der Waals surface area contributed by atoms with Crippen LogP contribution in [0.1, 0.15) is 32.1 Å². The molecule has 0 spiro atoms. The maximum absolute atomic E-state index is 5.08. The molecule has 0 radical (unpaired) electrons. The van der Waals surface area contributed by atoms with Crippen LogP contribution in [-0.2, 0) is 0 Å². The van der Waals surface area contributed by atoms with Gasteiger partial charge in [-0.25, -0.2) is 0 Å². The molecule has 1 aliphatic rings. The fourth-order valence-corrected chi connectivity index (χ4v) is 1.54. The van der Waals surface area contributed by atoms with Crippen molar-refractivity contribution in [1.82, 2.24) is 0 Å². The van der Waals surface area contributed by atoms with Crippen LogP contribution in [0.25, 0.3) is 0 Å². The van der Waals surface area contributed by atoms with E-state index in [4.69, 9.17) is 6.42 Å². The second kappa shape index (κ2) is 4.96. The topological polar surface area (TPSA) is 12.4 Å². The van der Waals surface area contributed by atoms with Gasteiger partial charge < -0.3 is 0 Å². The highest BCUT2D eigenvalue weighted by molar-refractivity contribution is 5.60. The molecule has 0 aromatic rings. The minimum atomic E-state index is 0.552. The van der Waals surface area contributed by atoms with Gasteiger partial charge in [0.1, 0.15) is 0 Å². The minimum absolute atomic E-state index is 0.552. The Morgan fingerprint density at radius 1 is 1.36 bits per heavy atom. The molecule has 1 aliphatic carbocycles. The highest BCUT2D eigenvalue weighted by Crippen LogP contribution is 2.21. The molecule has 0 N–H and O–H groups in total. The van der Waals surface area contributed by atoms with Crippen molar-refractivity contribution in [2.24, 2.45) is 10.9 Å². The first-order valence-corrected chi connectivity index (χ1v) is 4.37. The molecule has 0 atom stereocenters. The van der Waals surface area contributed by atoms with Gasteiger partial charge >= 0.3 is 0 Å². The van der Waals surface area contributed by atoms with E-state index in [1.807, 2.05) is 0 Å². The molecule has 0 aromatic heterocycles. The van der Waals surface area contributed by atoms with Crippen molar-refractivity contribution in [2.45, 2.75) is 32.1 Å². The third kappa shape index (κ3) is 3.23. The van der Waals surface area contributed by atoms with Gasteiger partial charge in [0.25, 0.3) is 0 Å². The molecular weight excluding hydrogens is 134 g/mol. The van der Waals surface area contributed by atoms with E-state index in [-0.39, 0.29) is 0 Å². The van der Waals surface area contributed by atoms with Crippen molar-refractivity contribution < 1.29 is 0 Å². The maximum atomic E-state index is 5.08. The Labute approximate surface area is 68.9 Å². The van der Waals surface area contributed by atoms with Crippen LogP contribution in [0.15, 0.2) is 4.99 Å². The van der Waals surface area contributed by atoms with Crippen LogP contribution in [-0.4, -0.2) is 12.8 Å². The zero-order valence-electron chi connectivity index (χ0n) is 6.92. The Morgan fingerprint density at radius 2 is 2.09 bits per heavy atom. The minimum Gasteiger partial charge on any atom is -0.284 e. The lowest BCUT2D eigenvalue weighted by atomic mass is 9.90. The van der Waals surface area contributed by atoms with Crippen LogP contribution in [0.4, 0.5) is 0 Å². The molecule has 0 saturated heterocycles. The molecule has 1 nitrogen and oxygen atoms in total. The monoisotopic (exact) mass is 149 g/mol. The Hall–Kier alpha value is -0.770. The van der Waals surface area contributed by atoms with Crippen molar-refractivity contribution in [3.8, 4) is 12.3 Å². The fraction of sp³-hybridized carbons (Fsp3) is 0.700. The largest absolute Gasteiger partial charge is 0.284 e. The van der Waals surface area contributed by atoms with Crippen LogP contribution in [0.3, 0.4) is 0 Å². The molecule has 1 fully saturated rings. The van der Waals surface area contributed by atoms with E-state index in [9.17, 15) is 0 Å². The average molecular weight is 149 g/mol. The molecule has 0 bridgehead atoms. The number of nitrogens with zero attached hydrogens (tertiary/aromatic N) is 1. The highest BCUT2D eigenvalue weighted by Gasteiger charge is 2.09. The standard InChI is InChI=1S/C10H15N/c1-2-8-11-9-10-6-4-3-5-7-10/h1,9-10H,3-8H2. The lowest BCUT2D eigenvalue weighted by Gasteiger charge is -2.16. The summed E-state index contributed by atoms with van der Waals surface area (Å²) >= 11 is 0. The van der Waals surface area contributed by atoms with E-state index < -0.39 is 0 Å². The molecular formula is C10H15N. The second-order valence-electron chi connectivity index (χ2n) is 3.09. The van der Waals surface area contributed by atoms with E-state index in [1.54, 1.807) is 0 Å². The molecule has 0 amide bonds. The lowest BCUT2D eigenvalue weighted by molar-refractivity contribution is 0.445. The van der Waals surface area contributed by atoms with E-state index in [1.165, 1.54) is 32.1 Å². The number of hydrogen-bond acceptors (Lipinski definition) is 1. The van der Waals surface area contributed by atoms with Crippen LogP contribution >= 0.6 is 0 Å². The lowest BCUT2D eigenvalue weighted by Crippen LogP contribution is -2.07. The van der Waals surface area contributed by atoms with Crippen LogP contribution in [0, 0.1) is 18.3 Å². The molecule has 0 aliphatic heterocycles. The molecule has 1 heteroatoms. The summed E-state index contributed by atoms with van der Waals surface area (Å²) in [6.07, 6.45) is 13.9. The summed E-state index contributed by atoms with van der Waals surface area (Å²) in [5, 5.41) is 0. The quantitative estimate of drug-likeness (QED) is 0.422. The van der Waals surface area contributed by atoms with Crippen molar-refractivity contribution in [3.63, 3.8) is 0 Å². The summed E-state index contributed by atoms with van der Waals surface area (Å²) in [4.78, 5) is 4.15. The Bertz CT molecular complexity index is 158. The smallest absolute Gasteiger partial charge is 0.0991 e. The normalized spacial score (nSPS) is 20.3. The predicted molar refractivity (Wildman–Crippen MR) is 48.8 cm³/mol. The van der Waals surface area contributed by atoms with E-state index in [0.29, 0.717) is 6.54 Å². The zero-order chi connectivity index (χ0) is 7.94. The summed E-state index contributed by atoms with van der Waals surface area (Å²) in [6.45, 7) is 0.552. The highest BCUT2D eigenvalue weighted by atomic mass is 14.7. The van der Waals surface area contributed by atoms with Crippen molar-refractivity contribution in [1.29, 1.82) is 0 Å². The number of hydrogen-bond donors (Lipinski definition) is 0. The SMILES string of the molecule is C#CCN=CC1CCCCC1. The third-order valence-corrected chi connectivity index (χ3v) is 2.15. The first-order valence-electron chi connectivity index (χ1n) is 4.37. The number of aliphatic imine (C=N–C) groups is 1. The van der Waals surface area contributed by atoms with Crippen molar-refractivity contribution in [2.75, 3.05) is 6.54 Å². The summed E-state index contributed by atoms with van der Waals surface area (Å²) in [7, 11) is 0. The maximum Gasteiger partial charge on any atom is 0.0991 e. The van der Waals surface area contributed by atoms with Crippen LogP contribution in [0.5, 0.6) is 0 Å². The fourth-order valence-electron chi connectivity index (χ4n) is 1.54. The molecule has 0 unspecified atom stereocenters. The molecule has 60 valence electrons. The van der Waals surface area contributed by atoms with Crippen LogP contribution < -0.4 is 0 Å². The molecule has 0 heterocycles. The summed E-state index contributed by atoms with van der Waals surface area (Å²) in [5.41, 5.74) is 0. The average Bonchev–Trinajstić information content (AvgIpc) is 2.07. The second-order valence-corrected chi connectivity index (χ2v) is 3.09. The van der Waals surface area contributed by atoms with Crippen molar-refractivity contribution >= 4 is 6.21 Å². The van der Waals surface area contributed by atoms with Gasteiger partial charge in [0.15, 0.2) is 0 Å². The first kappa shape index (κ1) is 8.33. The molecule has 1 rings (SSSR count). The van der Waals surface area contributed by atoms with E-state index in [2.05, 4.69) is 17.1 Å². The first-order chi connectivity index (χ1) is 5.43. The molecule has 1 saturated carbocycles. The van der Waals surface area contributed by atoms with Gasteiger partial charge in [0.2, 0.25) is 0 Å². The van der Waals surface area contributed by atoms with Gasteiger partial charge in [-0.2, -0.15) is 0 Å². The molecule has 0 aromatic carbocycles. The van der Waals surface area contributed by atoms with Crippen LogP contribution in [0.2, 0.25) is 0 Å². The molecule has 11 heavy (non-hydrogen) atoms. The van der Waals surface area contributed by atoms with Gasteiger partial charge in [-0.3, -0.25) is 4.99 Å². The zero-order valence-corrected chi connectivity index (χ0v) is 6.92. The summed E-state index contributed by atoms with van der Waals surface area (Å²) in [6, 6.07) is 0. The van der Waals surface area contributed by atoms with Gasteiger partial charge in [0.05, 0.1) is 6.54 Å². The van der Waals surface area contributed by atoms with Gasteiger partial charge in [-0.15, -0.1) is 6.42 Å². The Morgan fingerprint density at radius 3 is 2.73 bits per heavy atom. The van der Waals surface area contributed by atoms with Gasteiger partial charge in [-0.1, -0.05) is 25.2 Å².